The molecule has 0 unspecified atom stereocenters. The Morgan fingerprint density at radius 3 is 2.76 bits per heavy atom. The minimum Gasteiger partial charge on any atom is -0.392 e. The number of nitrogens with one attached hydrogen (secondary N) is 1. The Labute approximate surface area is 166 Å². The first-order valence-electron chi connectivity index (χ1n) is 9.83. The van der Waals surface area contributed by atoms with Crippen molar-refractivity contribution < 1.29 is 14.3 Å². The van der Waals surface area contributed by atoms with E-state index in [1.165, 1.54) is 33.8 Å². The number of fused-ring (bicyclic) bond motifs is 1. The molecule has 1 saturated carbocycles. The number of aliphatic hydroxyl groups is 1. The molecule has 1 fully saturated rings. The van der Waals surface area contributed by atoms with E-state index in [4.69, 9.17) is 0 Å². The maximum Gasteiger partial charge on any atom is 0.277 e. The summed E-state index contributed by atoms with van der Waals surface area (Å²) < 4.78 is 16.3. The summed E-state index contributed by atoms with van der Waals surface area (Å²) in [5, 5.41) is 17.2. The van der Waals surface area contributed by atoms with E-state index in [9.17, 15) is 19.1 Å². The molecule has 1 aliphatic carbocycles. The molecule has 7 nitrogen and oxygen atoms in total. The number of amides is 1. The Hall–Kier alpha value is -3.00. The zero-order valence-corrected chi connectivity index (χ0v) is 16.0. The van der Waals surface area contributed by atoms with E-state index in [2.05, 4.69) is 10.4 Å². The van der Waals surface area contributed by atoms with E-state index in [-0.39, 0.29) is 24.0 Å². The van der Waals surface area contributed by atoms with Crippen LogP contribution in [0.5, 0.6) is 0 Å². The van der Waals surface area contributed by atoms with Crippen molar-refractivity contribution in [3.8, 4) is 11.3 Å². The highest BCUT2D eigenvalue weighted by Crippen LogP contribution is 2.25. The third kappa shape index (κ3) is 3.93. The second-order valence-electron chi connectivity index (χ2n) is 7.42. The number of benzene rings is 1. The molecule has 0 spiro atoms. The number of rotatable bonds is 5. The molecule has 2 heterocycles. The summed E-state index contributed by atoms with van der Waals surface area (Å²) >= 11 is 0. The van der Waals surface area contributed by atoms with Gasteiger partial charge in [-0.15, -0.1) is 0 Å². The van der Waals surface area contributed by atoms with Crippen molar-refractivity contribution in [2.45, 2.75) is 51.3 Å². The molecular weight excluding hydrogens is 375 g/mol. The number of hydrogen-bond donors (Lipinski definition) is 2. The Kier molecular flexibility index (Phi) is 5.44. The molecular formula is C21H23FN4O3. The number of carbonyl (C=O) groups is 1. The first-order valence-corrected chi connectivity index (χ1v) is 9.83. The average Bonchev–Trinajstić information content (AvgIpc) is 3.10. The fraction of sp³-hybridized carbons (Fsp3) is 0.381. The molecule has 1 aliphatic rings. The lowest BCUT2D eigenvalue weighted by atomic mass is 9.95. The molecule has 2 aromatic heterocycles. The van der Waals surface area contributed by atoms with Gasteiger partial charge < -0.3 is 15.0 Å². The predicted molar refractivity (Wildman–Crippen MR) is 106 cm³/mol. The highest BCUT2D eigenvalue weighted by Gasteiger charge is 2.20. The van der Waals surface area contributed by atoms with Crippen LogP contribution in [0.2, 0.25) is 0 Å². The van der Waals surface area contributed by atoms with Crippen molar-refractivity contribution in [2.75, 3.05) is 0 Å². The van der Waals surface area contributed by atoms with E-state index < -0.39 is 18.0 Å². The van der Waals surface area contributed by atoms with Crippen LogP contribution in [0.1, 0.15) is 37.7 Å². The van der Waals surface area contributed by atoms with Gasteiger partial charge in [-0.25, -0.2) is 8.91 Å². The highest BCUT2D eigenvalue weighted by molar-refractivity contribution is 5.76. The van der Waals surface area contributed by atoms with Crippen molar-refractivity contribution in [3.63, 3.8) is 0 Å². The van der Waals surface area contributed by atoms with Gasteiger partial charge in [0.05, 0.1) is 12.3 Å². The summed E-state index contributed by atoms with van der Waals surface area (Å²) in [5.41, 5.74) is 0.875. The second kappa shape index (κ2) is 8.16. The maximum absolute atomic E-state index is 13.6. The second-order valence-corrected chi connectivity index (χ2v) is 7.42. The minimum atomic E-state index is -0.430. The topological polar surface area (TPSA) is 88.6 Å². The number of aliphatic hydroxyl groups excluding tert-OH is 1. The van der Waals surface area contributed by atoms with Crippen LogP contribution >= 0.6 is 0 Å². The zero-order valence-electron chi connectivity index (χ0n) is 16.0. The van der Waals surface area contributed by atoms with E-state index in [0.29, 0.717) is 16.8 Å². The molecule has 1 amide bonds. The molecule has 0 radical (unpaired) electrons. The Balaban J connectivity index is 1.66. The summed E-state index contributed by atoms with van der Waals surface area (Å²) in [6, 6.07) is 6.00. The lowest BCUT2D eigenvalue weighted by Crippen LogP contribution is -2.40. The van der Waals surface area contributed by atoms with Gasteiger partial charge in [-0.3, -0.25) is 9.59 Å². The van der Waals surface area contributed by atoms with E-state index in [0.717, 1.165) is 25.7 Å². The monoisotopic (exact) mass is 398 g/mol. The molecule has 0 saturated heterocycles. The van der Waals surface area contributed by atoms with Crippen molar-refractivity contribution in [2.24, 2.45) is 0 Å². The number of halogens is 1. The smallest absolute Gasteiger partial charge is 0.277 e. The van der Waals surface area contributed by atoms with Crippen LogP contribution < -0.4 is 10.9 Å². The third-order valence-corrected chi connectivity index (χ3v) is 5.40. The Morgan fingerprint density at radius 2 is 2.03 bits per heavy atom. The normalized spacial score (nSPS) is 15.0. The van der Waals surface area contributed by atoms with E-state index >= 15 is 0 Å². The number of carbonyl (C=O) groups excluding carboxylic acids is 1. The molecule has 152 valence electrons. The van der Waals surface area contributed by atoms with Gasteiger partial charge in [-0.1, -0.05) is 31.4 Å². The molecule has 4 rings (SSSR count). The first kappa shape index (κ1) is 19.3. The lowest BCUT2D eigenvalue weighted by molar-refractivity contribution is -0.122. The van der Waals surface area contributed by atoms with Gasteiger partial charge in [-0.05, 0) is 25.0 Å². The molecule has 2 N–H and O–H groups in total. The SMILES string of the molecule is O=C(Cn1ccn2nc(-c3cccc(F)c3)c(CO)c2c1=O)NC1CCCCC1. The average molecular weight is 398 g/mol. The number of nitrogens with zero attached hydrogens (tertiary/aromatic N) is 3. The van der Waals surface area contributed by atoms with Crippen LogP contribution in [0, 0.1) is 5.82 Å². The summed E-state index contributed by atoms with van der Waals surface area (Å²) in [6.45, 7) is -0.528. The van der Waals surface area contributed by atoms with Crippen LogP contribution in [0.4, 0.5) is 4.39 Å². The van der Waals surface area contributed by atoms with Gasteiger partial charge in [0.2, 0.25) is 5.91 Å². The maximum atomic E-state index is 13.6. The van der Waals surface area contributed by atoms with Gasteiger partial charge in [0.25, 0.3) is 5.56 Å². The predicted octanol–water partition coefficient (Wildman–Crippen LogP) is 2.24. The highest BCUT2D eigenvalue weighted by atomic mass is 19.1. The molecule has 1 aromatic carbocycles. The molecule has 0 atom stereocenters. The van der Waals surface area contributed by atoms with Gasteiger partial charge in [0.1, 0.15) is 17.9 Å². The van der Waals surface area contributed by atoms with Crippen molar-refractivity contribution in [1.82, 2.24) is 19.5 Å². The third-order valence-electron chi connectivity index (χ3n) is 5.40. The molecule has 0 aliphatic heterocycles. The van der Waals surface area contributed by atoms with Crippen LogP contribution in [0.3, 0.4) is 0 Å². The lowest BCUT2D eigenvalue weighted by Gasteiger charge is -2.22. The van der Waals surface area contributed by atoms with E-state index in [1.54, 1.807) is 18.3 Å². The first-order chi connectivity index (χ1) is 14.1. The van der Waals surface area contributed by atoms with Crippen LogP contribution in [0.15, 0.2) is 41.5 Å². The molecule has 0 bridgehead atoms. The fourth-order valence-electron chi connectivity index (χ4n) is 3.97. The quantitative estimate of drug-likeness (QED) is 0.690. The summed E-state index contributed by atoms with van der Waals surface area (Å²) in [7, 11) is 0. The zero-order chi connectivity index (χ0) is 20.4. The number of hydrogen-bond acceptors (Lipinski definition) is 4. The van der Waals surface area contributed by atoms with Crippen molar-refractivity contribution >= 4 is 11.4 Å². The largest absolute Gasteiger partial charge is 0.392 e. The van der Waals surface area contributed by atoms with Crippen molar-refractivity contribution in [1.29, 1.82) is 0 Å². The van der Waals surface area contributed by atoms with Crippen LogP contribution in [0.25, 0.3) is 16.8 Å². The van der Waals surface area contributed by atoms with Gasteiger partial charge in [0, 0.05) is 29.6 Å². The fourth-order valence-corrected chi connectivity index (χ4v) is 3.97. The number of aromatic nitrogens is 3. The molecule has 8 heteroatoms. The molecule has 29 heavy (non-hydrogen) atoms. The Morgan fingerprint density at radius 1 is 1.24 bits per heavy atom. The molecule has 3 aromatic rings. The van der Waals surface area contributed by atoms with Crippen LogP contribution in [-0.2, 0) is 17.9 Å². The Bertz CT molecular complexity index is 1100. The summed E-state index contributed by atoms with van der Waals surface area (Å²) in [4.78, 5) is 25.4. The minimum absolute atomic E-state index is 0.100. The standard InChI is InChI=1S/C21H23FN4O3/c22-15-6-4-5-14(11-15)19-17(13-27)20-21(29)25(9-10-26(20)24-19)12-18(28)23-16-7-2-1-3-8-16/h4-6,9-11,16,27H,1-3,7-8,12-13H2,(H,23,28). The van der Waals surface area contributed by atoms with Crippen molar-refractivity contribution in [3.05, 3.63) is 58.4 Å². The van der Waals surface area contributed by atoms with Gasteiger partial charge >= 0.3 is 0 Å². The summed E-state index contributed by atoms with van der Waals surface area (Å²) in [6.07, 6.45) is 8.40. The van der Waals surface area contributed by atoms with Gasteiger partial charge in [-0.2, -0.15) is 5.10 Å². The summed E-state index contributed by atoms with van der Waals surface area (Å²) in [5.74, 6) is -0.640. The van der Waals surface area contributed by atoms with E-state index in [1.807, 2.05) is 0 Å². The van der Waals surface area contributed by atoms with Crippen LogP contribution in [-0.4, -0.2) is 31.2 Å². The van der Waals surface area contributed by atoms with Gasteiger partial charge in [0.15, 0.2) is 0 Å².